The maximum Gasteiger partial charge on any atom is 0.0760 e. The first-order chi connectivity index (χ1) is 9.21. The van der Waals surface area contributed by atoms with Gasteiger partial charge in [0.2, 0.25) is 0 Å². The van der Waals surface area contributed by atoms with E-state index in [9.17, 15) is 5.11 Å². The minimum absolute atomic E-state index is 0.0917. The van der Waals surface area contributed by atoms with Gasteiger partial charge in [-0.05, 0) is 58.8 Å². The zero-order valence-corrected chi connectivity index (χ0v) is 14.0. The van der Waals surface area contributed by atoms with Gasteiger partial charge in [-0.25, -0.2) is 0 Å². The van der Waals surface area contributed by atoms with Gasteiger partial charge in [-0.15, -0.1) is 0 Å². The second-order valence-electron chi connectivity index (χ2n) is 8.21. The SMILES string of the molecule is CCC1CCC(O)C(CN2CC(C)(C)OC(C)(C)C2)C1. The highest BCUT2D eigenvalue weighted by molar-refractivity contribution is 4.91. The van der Waals surface area contributed by atoms with Crippen molar-refractivity contribution in [1.29, 1.82) is 0 Å². The zero-order valence-electron chi connectivity index (χ0n) is 14.0. The summed E-state index contributed by atoms with van der Waals surface area (Å²) in [4.78, 5) is 2.51. The highest BCUT2D eigenvalue weighted by atomic mass is 16.5. The largest absolute Gasteiger partial charge is 0.393 e. The number of aliphatic hydroxyl groups excluding tert-OH is 1. The molecule has 0 aromatic carbocycles. The van der Waals surface area contributed by atoms with Crippen LogP contribution in [0.1, 0.15) is 60.3 Å². The standard InChI is InChI=1S/C17H33NO2/c1-6-13-7-8-15(19)14(9-13)10-18-11-16(2,3)20-17(4,5)12-18/h13-15,19H,6-12H2,1-5H3. The summed E-state index contributed by atoms with van der Waals surface area (Å²) >= 11 is 0. The summed E-state index contributed by atoms with van der Waals surface area (Å²) in [7, 11) is 0. The predicted molar refractivity (Wildman–Crippen MR) is 82.8 cm³/mol. The lowest BCUT2D eigenvalue weighted by Crippen LogP contribution is -2.58. The Morgan fingerprint density at radius 2 is 1.70 bits per heavy atom. The lowest BCUT2D eigenvalue weighted by molar-refractivity contribution is -0.184. The summed E-state index contributed by atoms with van der Waals surface area (Å²) in [5.74, 6) is 1.25. The summed E-state index contributed by atoms with van der Waals surface area (Å²) in [6.45, 7) is 13.9. The quantitative estimate of drug-likeness (QED) is 0.864. The fourth-order valence-corrected chi connectivity index (χ4v) is 4.32. The molecule has 0 aromatic heterocycles. The smallest absolute Gasteiger partial charge is 0.0760 e. The number of morpholine rings is 1. The zero-order chi connectivity index (χ0) is 15.0. The molecule has 0 amide bonds. The Balaban J connectivity index is 1.97. The van der Waals surface area contributed by atoms with Gasteiger partial charge in [0.1, 0.15) is 0 Å². The molecule has 3 heteroatoms. The van der Waals surface area contributed by atoms with Crippen LogP contribution in [0.3, 0.4) is 0 Å². The van der Waals surface area contributed by atoms with E-state index in [0.29, 0.717) is 5.92 Å². The third-order valence-corrected chi connectivity index (χ3v) is 4.88. The van der Waals surface area contributed by atoms with Crippen LogP contribution in [0, 0.1) is 11.8 Å². The average molecular weight is 283 g/mol. The first-order valence-corrected chi connectivity index (χ1v) is 8.31. The van der Waals surface area contributed by atoms with Crippen molar-refractivity contribution >= 4 is 0 Å². The van der Waals surface area contributed by atoms with Crippen molar-refractivity contribution in [3.8, 4) is 0 Å². The van der Waals surface area contributed by atoms with E-state index in [0.717, 1.165) is 32.0 Å². The molecule has 3 nitrogen and oxygen atoms in total. The molecule has 2 fully saturated rings. The highest BCUT2D eigenvalue weighted by Crippen LogP contribution is 2.34. The molecule has 1 heterocycles. The van der Waals surface area contributed by atoms with Gasteiger partial charge in [-0.2, -0.15) is 0 Å². The van der Waals surface area contributed by atoms with Crippen molar-refractivity contribution in [1.82, 2.24) is 4.90 Å². The number of hydrogen-bond acceptors (Lipinski definition) is 3. The van der Waals surface area contributed by atoms with E-state index in [2.05, 4.69) is 39.5 Å². The highest BCUT2D eigenvalue weighted by Gasteiger charge is 2.40. The van der Waals surface area contributed by atoms with E-state index in [-0.39, 0.29) is 17.3 Å². The van der Waals surface area contributed by atoms with Crippen molar-refractivity contribution in [2.75, 3.05) is 19.6 Å². The Morgan fingerprint density at radius 3 is 2.25 bits per heavy atom. The Hall–Kier alpha value is -0.120. The molecule has 1 aliphatic heterocycles. The number of ether oxygens (including phenoxy) is 1. The number of hydrogen-bond donors (Lipinski definition) is 1. The Kier molecular flexibility index (Phi) is 4.83. The summed E-state index contributed by atoms with van der Waals surface area (Å²) in [6, 6.07) is 0. The van der Waals surface area contributed by atoms with Gasteiger partial charge in [0.25, 0.3) is 0 Å². The topological polar surface area (TPSA) is 32.7 Å². The van der Waals surface area contributed by atoms with Gasteiger partial charge in [-0.3, -0.25) is 4.90 Å². The molecule has 2 aliphatic rings. The Labute approximate surface area is 124 Å². The minimum Gasteiger partial charge on any atom is -0.393 e. The van der Waals surface area contributed by atoms with E-state index in [1.807, 2.05) is 0 Å². The normalized spacial score (nSPS) is 37.8. The van der Waals surface area contributed by atoms with Crippen LogP contribution < -0.4 is 0 Å². The second-order valence-corrected chi connectivity index (χ2v) is 8.21. The van der Waals surface area contributed by atoms with Crippen LogP contribution in [0.25, 0.3) is 0 Å². The maximum atomic E-state index is 10.3. The van der Waals surface area contributed by atoms with Crippen molar-refractivity contribution in [3.63, 3.8) is 0 Å². The van der Waals surface area contributed by atoms with Gasteiger partial charge in [0.05, 0.1) is 17.3 Å². The second kappa shape index (κ2) is 5.94. The predicted octanol–water partition coefficient (Wildman–Crippen LogP) is 3.06. The maximum absolute atomic E-state index is 10.3. The molecular formula is C17H33NO2. The lowest BCUT2D eigenvalue weighted by Gasteiger charge is -2.48. The summed E-state index contributed by atoms with van der Waals surface area (Å²) in [5, 5.41) is 10.3. The first-order valence-electron chi connectivity index (χ1n) is 8.31. The van der Waals surface area contributed by atoms with Crippen molar-refractivity contribution < 1.29 is 9.84 Å². The first kappa shape index (κ1) is 16.3. The van der Waals surface area contributed by atoms with Crippen molar-refractivity contribution in [2.45, 2.75) is 77.6 Å². The van der Waals surface area contributed by atoms with E-state index < -0.39 is 0 Å². The van der Waals surface area contributed by atoms with Crippen LogP contribution in [0.4, 0.5) is 0 Å². The van der Waals surface area contributed by atoms with Crippen LogP contribution in [-0.4, -0.2) is 46.9 Å². The van der Waals surface area contributed by atoms with E-state index >= 15 is 0 Å². The average Bonchev–Trinajstić information content (AvgIpc) is 2.28. The van der Waals surface area contributed by atoms with E-state index in [1.165, 1.54) is 19.3 Å². The Bertz CT molecular complexity index is 311. The number of aliphatic hydroxyl groups is 1. The molecule has 118 valence electrons. The third kappa shape index (κ3) is 4.19. The van der Waals surface area contributed by atoms with Crippen molar-refractivity contribution in [3.05, 3.63) is 0 Å². The number of nitrogens with zero attached hydrogens (tertiary/aromatic N) is 1. The summed E-state index contributed by atoms with van der Waals surface area (Å²) < 4.78 is 6.15. The van der Waals surface area contributed by atoms with Gasteiger partial charge >= 0.3 is 0 Å². The molecule has 3 atom stereocenters. The molecule has 0 bridgehead atoms. The van der Waals surface area contributed by atoms with Crippen LogP contribution in [-0.2, 0) is 4.74 Å². The molecular weight excluding hydrogens is 250 g/mol. The van der Waals surface area contributed by atoms with Crippen LogP contribution in [0.2, 0.25) is 0 Å². The molecule has 20 heavy (non-hydrogen) atoms. The molecule has 1 N–H and O–H groups in total. The fourth-order valence-electron chi connectivity index (χ4n) is 4.32. The Morgan fingerprint density at radius 1 is 1.10 bits per heavy atom. The van der Waals surface area contributed by atoms with Crippen LogP contribution in [0.15, 0.2) is 0 Å². The molecule has 1 saturated carbocycles. The van der Waals surface area contributed by atoms with E-state index in [1.54, 1.807) is 0 Å². The van der Waals surface area contributed by atoms with Gasteiger partial charge < -0.3 is 9.84 Å². The summed E-state index contributed by atoms with van der Waals surface area (Å²) in [6.07, 6.45) is 4.53. The van der Waals surface area contributed by atoms with Crippen molar-refractivity contribution in [2.24, 2.45) is 11.8 Å². The molecule has 0 radical (unpaired) electrons. The molecule has 1 saturated heterocycles. The molecule has 2 rings (SSSR count). The molecule has 1 aliphatic carbocycles. The van der Waals surface area contributed by atoms with Gasteiger partial charge in [-0.1, -0.05) is 13.3 Å². The van der Waals surface area contributed by atoms with Crippen LogP contribution in [0.5, 0.6) is 0 Å². The lowest BCUT2D eigenvalue weighted by atomic mass is 9.78. The molecule has 3 unspecified atom stereocenters. The van der Waals surface area contributed by atoms with E-state index in [4.69, 9.17) is 4.74 Å². The number of rotatable bonds is 3. The fraction of sp³-hybridized carbons (Fsp3) is 1.00. The monoisotopic (exact) mass is 283 g/mol. The minimum atomic E-state index is -0.105. The molecule has 0 spiro atoms. The van der Waals surface area contributed by atoms with Gasteiger partial charge in [0, 0.05) is 19.6 Å². The molecule has 0 aromatic rings. The summed E-state index contributed by atoms with van der Waals surface area (Å²) in [5.41, 5.74) is -0.183. The third-order valence-electron chi connectivity index (χ3n) is 4.88. The van der Waals surface area contributed by atoms with Gasteiger partial charge in [0.15, 0.2) is 0 Å². The van der Waals surface area contributed by atoms with Crippen LogP contribution >= 0.6 is 0 Å².